The molecule has 0 amide bonds. The summed E-state index contributed by atoms with van der Waals surface area (Å²) in [5, 5.41) is 0. The Bertz CT molecular complexity index is 1130. The second-order valence-corrected chi connectivity index (χ2v) is 11.3. The van der Waals surface area contributed by atoms with E-state index >= 15 is 0 Å². The van der Waals surface area contributed by atoms with Gasteiger partial charge in [0.2, 0.25) is 5.69 Å². The van der Waals surface area contributed by atoms with Gasteiger partial charge in [-0.1, -0.05) is 56.4 Å². The van der Waals surface area contributed by atoms with Crippen molar-refractivity contribution in [2.75, 3.05) is 31.6 Å². The first-order valence-corrected chi connectivity index (χ1v) is 15.0. The number of unbranched alkanes of at least 4 members (excludes halogenated alkanes) is 1. The van der Waals surface area contributed by atoms with Crippen molar-refractivity contribution in [1.29, 1.82) is 0 Å². The lowest BCUT2D eigenvalue weighted by Gasteiger charge is -2.21. The molecule has 0 N–H and O–H groups in total. The highest BCUT2D eigenvalue weighted by Crippen LogP contribution is 2.45. The molecule has 0 radical (unpaired) electrons. The van der Waals surface area contributed by atoms with Crippen LogP contribution in [0.5, 0.6) is 5.75 Å². The summed E-state index contributed by atoms with van der Waals surface area (Å²) in [5.74, 6) is 1.90. The smallest absolute Gasteiger partial charge is 0.210 e. The van der Waals surface area contributed by atoms with Crippen molar-refractivity contribution in [2.24, 2.45) is 5.92 Å². The molecule has 204 valence electrons. The summed E-state index contributed by atoms with van der Waals surface area (Å²) in [7, 11) is 1.77. The minimum atomic E-state index is -0.0977. The van der Waals surface area contributed by atoms with Crippen LogP contribution in [0, 0.1) is 5.92 Å². The highest BCUT2D eigenvalue weighted by Gasteiger charge is 2.47. The van der Waals surface area contributed by atoms with Gasteiger partial charge >= 0.3 is 0 Å². The molecule has 1 atom stereocenters. The van der Waals surface area contributed by atoms with Gasteiger partial charge in [-0.3, -0.25) is 0 Å². The molecule has 1 aliphatic heterocycles. The van der Waals surface area contributed by atoms with E-state index in [0.717, 1.165) is 37.7 Å². The van der Waals surface area contributed by atoms with E-state index in [2.05, 4.69) is 104 Å². The molecule has 0 spiro atoms. The third kappa shape index (κ3) is 6.25. The van der Waals surface area contributed by atoms with Gasteiger partial charge in [-0.15, -0.1) is 0 Å². The molecule has 3 nitrogen and oxygen atoms in total. The lowest BCUT2D eigenvalue weighted by molar-refractivity contribution is -0.438. The standard InChI is InChI=1S/C35H49N2O/c1-6-9-25-35(4)32-27-31(38-5)22-23-33(32)37(26-13-12-16-28-14-10-11-15-28)34(35)24-19-29-17-20-30(21-18-29)36(7-2)8-3/h6,9,17-24,27-28H,7-8,10-16,25-26H2,1-5H3/q+1. The summed E-state index contributed by atoms with van der Waals surface area (Å²) in [6.07, 6.45) is 19.9. The molecule has 0 bridgehead atoms. The zero-order valence-electron chi connectivity index (χ0n) is 24.5. The van der Waals surface area contributed by atoms with E-state index in [1.807, 2.05) is 0 Å². The second kappa shape index (κ2) is 13.3. The van der Waals surface area contributed by atoms with Gasteiger partial charge in [0, 0.05) is 42.9 Å². The van der Waals surface area contributed by atoms with Crippen LogP contribution in [0.2, 0.25) is 0 Å². The number of benzene rings is 2. The number of nitrogens with zero attached hydrogens (tertiary/aromatic N) is 2. The van der Waals surface area contributed by atoms with Crippen LogP contribution in [-0.4, -0.2) is 37.0 Å². The molecule has 2 aromatic rings. The maximum absolute atomic E-state index is 5.67. The fourth-order valence-corrected chi connectivity index (χ4v) is 6.53. The maximum Gasteiger partial charge on any atom is 0.210 e. The second-order valence-electron chi connectivity index (χ2n) is 11.3. The molecular weight excluding hydrogens is 464 g/mol. The van der Waals surface area contributed by atoms with Crippen molar-refractivity contribution >= 4 is 23.2 Å². The summed E-state index contributed by atoms with van der Waals surface area (Å²) < 4.78 is 8.28. The van der Waals surface area contributed by atoms with E-state index < -0.39 is 0 Å². The molecule has 2 aliphatic rings. The van der Waals surface area contributed by atoms with Crippen LogP contribution in [0.15, 0.2) is 60.7 Å². The van der Waals surface area contributed by atoms with Crippen molar-refractivity contribution in [3.05, 3.63) is 71.8 Å². The normalized spacial score (nSPS) is 19.7. The first kappa shape index (κ1) is 28.2. The summed E-state index contributed by atoms with van der Waals surface area (Å²) in [6.45, 7) is 12.1. The van der Waals surface area contributed by atoms with Crippen LogP contribution in [0.4, 0.5) is 11.4 Å². The Kier molecular flexibility index (Phi) is 9.88. The van der Waals surface area contributed by atoms with E-state index in [-0.39, 0.29) is 5.41 Å². The van der Waals surface area contributed by atoms with E-state index in [1.165, 1.54) is 73.2 Å². The van der Waals surface area contributed by atoms with E-state index in [1.54, 1.807) is 7.11 Å². The largest absolute Gasteiger partial charge is 0.497 e. The van der Waals surface area contributed by atoms with Crippen LogP contribution >= 0.6 is 0 Å². The van der Waals surface area contributed by atoms with Gasteiger partial charge in [0.15, 0.2) is 5.71 Å². The van der Waals surface area contributed by atoms with Crippen molar-refractivity contribution in [2.45, 2.75) is 84.5 Å². The lowest BCUT2D eigenvalue weighted by atomic mass is 9.76. The van der Waals surface area contributed by atoms with Crippen molar-refractivity contribution in [3.63, 3.8) is 0 Å². The van der Waals surface area contributed by atoms with Gasteiger partial charge in [-0.25, -0.2) is 0 Å². The number of allylic oxidation sites excluding steroid dienone is 3. The molecule has 0 aromatic heterocycles. The minimum absolute atomic E-state index is 0.0977. The van der Waals surface area contributed by atoms with Crippen LogP contribution in [0.3, 0.4) is 0 Å². The van der Waals surface area contributed by atoms with Crippen LogP contribution in [-0.2, 0) is 5.41 Å². The molecule has 1 saturated carbocycles. The van der Waals surface area contributed by atoms with Crippen LogP contribution < -0.4 is 9.64 Å². The number of ether oxygens (including phenoxy) is 1. The number of hydrogen-bond acceptors (Lipinski definition) is 2. The number of fused-ring (bicyclic) bond motifs is 1. The highest BCUT2D eigenvalue weighted by molar-refractivity contribution is 6.05. The van der Waals surface area contributed by atoms with Gasteiger partial charge < -0.3 is 9.64 Å². The third-order valence-electron chi connectivity index (χ3n) is 8.88. The summed E-state index contributed by atoms with van der Waals surface area (Å²) >= 11 is 0. The Morgan fingerprint density at radius 3 is 2.39 bits per heavy atom. The first-order valence-electron chi connectivity index (χ1n) is 15.0. The fraction of sp³-hybridized carbons (Fsp3) is 0.514. The predicted octanol–water partition coefficient (Wildman–Crippen LogP) is 8.94. The Hall–Kier alpha value is -2.81. The fourth-order valence-electron chi connectivity index (χ4n) is 6.53. The average molecular weight is 514 g/mol. The Morgan fingerprint density at radius 2 is 1.74 bits per heavy atom. The molecular formula is C35H49N2O+. The van der Waals surface area contributed by atoms with Gasteiger partial charge in [-0.05, 0) is 82.4 Å². The van der Waals surface area contributed by atoms with E-state index in [0.29, 0.717) is 0 Å². The molecule has 38 heavy (non-hydrogen) atoms. The van der Waals surface area contributed by atoms with Gasteiger partial charge in [0.25, 0.3) is 0 Å². The topological polar surface area (TPSA) is 15.5 Å². The highest BCUT2D eigenvalue weighted by atomic mass is 16.5. The van der Waals surface area contributed by atoms with Gasteiger partial charge in [0.1, 0.15) is 12.3 Å². The van der Waals surface area contributed by atoms with Crippen molar-refractivity contribution < 1.29 is 9.31 Å². The molecule has 0 saturated heterocycles. The molecule has 1 fully saturated rings. The average Bonchev–Trinajstić information content (AvgIpc) is 3.55. The van der Waals surface area contributed by atoms with E-state index in [9.17, 15) is 0 Å². The van der Waals surface area contributed by atoms with E-state index in [4.69, 9.17) is 4.74 Å². The zero-order chi connectivity index (χ0) is 27.0. The molecule has 1 aliphatic carbocycles. The maximum atomic E-state index is 5.67. The monoisotopic (exact) mass is 513 g/mol. The predicted molar refractivity (Wildman–Crippen MR) is 164 cm³/mol. The van der Waals surface area contributed by atoms with Gasteiger partial charge in [-0.2, -0.15) is 4.58 Å². The number of rotatable bonds is 13. The zero-order valence-corrected chi connectivity index (χ0v) is 24.5. The number of hydrogen-bond donors (Lipinski definition) is 0. The Morgan fingerprint density at radius 1 is 1.00 bits per heavy atom. The SMILES string of the molecule is CC=CCC1(C)C(C=Cc2ccc(N(CC)CC)cc2)=[N+](CCCCC2CCCC2)c2ccc(OC)cc21. The summed E-state index contributed by atoms with van der Waals surface area (Å²) in [4.78, 5) is 2.39. The molecule has 3 heteroatoms. The van der Waals surface area contributed by atoms with Crippen LogP contribution in [0.25, 0.3) is 6.08 Å². The minimum Gasteiger partial charge on any atom is -0.497 e. The van der Waals surface area contributed by atoms with Gasteiger partial charge in [0.05, 0.1) is 12.5 Å². The van der Waals surface area contributed by atoms with Crippen LogP contribution in [0.1, 0.15) is 90.2 Å². The Balaban J connectivity index is 1.65. The molecule has 1 unspecified atom stereocenters. The molecule has 4 rings (SSSR count). The number of methoxy groups -OCH3 is 1. The Labute approximate surface area is 231 Å². The molecule has 2 aromatic carbocycles. The quantitative estimate of drug-likeness (QED) is 0.151. The van der Waals surface area contributed by atoms with Crippen molar-refractivity contribution in [3.8, 4) is 5.75 Å². The summed E-state index contributed by atoms with van der Waals surface area (Å²) in [5.41, 5.74) is 6.56. The number of anilines is 1. The third-order valence-corrected chi connectivity index (χ3v) is 8.88. The molecule has 1 heterocycles. The van der Waals surface area contributed by atoms with Crippen molar-refractivity contribution in [1.82, 2.24) is 0 Å². The first-order chi connectivity index (χ1) is 18.5. The summed E-state index contributed by atoms with van der Waals surface area (Å²) in [6, 6.07) is 15.7. The lowest BCUT2D eigenvalue weighted by Crippen LogP contribution is -2.31.